The van der Waals surface area contributed by atoms with Gasteiger partial charge in [0.25, 0.3) is 10.0 Å². The molecule has 0 aliphatic heterocycles. The van der Waals surface area contributed by atoms with Crippen LogP contribution in [0.2, 0.25) is 5.02 Å². The van der Waals surface area contributed by atoms with Crippen LogP contribution in [0.15, 0.2) is 77.7 Å². The number of hydrogen-bond acceptors (Lipinski definition) is 5. The number of anilines is 1. The van der Waals surface area contributed by atoms with Crippen molar-refractivity contribution in [3.63, 3.8) is 0 Å². The van der Waals surface area contributed by atoms with Crippen LogP contribution in [-0.2, 0) is 26.2 Å². The first-order valence-electron chi connectivity index (χ1n) is 13.7. The summed E-state index contributed by atoms with van der Waals surface area (Å²) in [4.78, 5) is 28.9. The maximum atomic E-state index is 14.1. The van der Waals surface area contributed by atoms with E-state index in [2.05, 4.69) is 5.32 Å². The van der Waals surface area contributed by atoms with Crippen molar-refractivity contribution >= 4 is 39.1 Å². The minimum absolute atomic E-state index is 0.0273. The van der Waals surface area contributed by atoms with Gasteiger partial charge in [-0.15, -0.1) is 0 Å². The number of rotatable bonds is 14. The zero-order chi connectivity index (χ0) is 30.0. The number of sulfonamides is 1. The van der Waals surface area contributed by atoms with Crippen molar-refractivity contribution in [3.8, 4) is 5.75 Å². The zero-order valence-corrected chi connectivity index (χ0v) is 25.5. The van der Waals surface area contributed by atoms with Crippen molar-refractivity contribution in [2.24, 2.45) is 0 Å². The normalized spacial score (nSPS) is 11.9. The van der Waals surface area contributed by atoms with Crippen LogP contribution in [0.4, 0.5) is 5.69 Å². The van der Waals surface area contributed by atoms with E-state index in [1.54, 1.807) is 61.7 Å². The Bertz CT molecular complexity index is 1430. The highest BCUT2D eigenvalue weighted by molar-refractivity contribution is 7.92. The van der Waals surface area contributed by atoms with E-state index in [9.17, 15) is 18.0 Å². The SMILES string of the molecule is CCCCNC(=O)[C@H](CC)N(Cc1cccc(OC)c1)C(=O)CN(c1ccccc1Cl)S(=O)(=O)c1ccc(C)cc1. The fourth-order valence-electron chi connectivity index (χ4n) is 4.40. The molecule has 0 aliphatic rings. The fourth-order valence-corrected chi connectivity index (χ4v) is 6.12. The number of unbranched alkanes of at least 4 members (excludes halogenated alkanes) is 1. The van der Waals surface area contributed by atoms with Crippen LogP contribution in [0.5, 0.6) is 5.75 Å². The highest BCUT2D eigenvalue weighted by Crippen LogP contribution is 2.31. The predicted octanol–water partition coefficient (Wildman–Crippen LogP) is 5.58. The first kappa shape index (κ1) is 32.0. The van der Waals surface area contributed by atoms with Crippen molar-refractivity contribution in [3.05, 3.63) is 88.9 Å². The number of benzene rings is 3. The molecule has 0 aromatic heterocycles. The number of hydrogen-bond donors (Lipinski definition) is 1. The average Bonchev–Trinajstić information content (AvgIpc) is 2.96. The van der Waals surface area contributed by atoms with Crippen LogP contribution in [0.3, 0.4) is 0 Å². The van der Waals surface area contributed by atoms with E-state index in [1.165, 1.54) is 17.0 Å². The fraction of sp³-hybridized carbons (Fsp3) is 0.355. The highest BCUT2D eigenvalue weighted by atomic mass is 35.5. The van der Waals surface area contributed by atoms with Gasteiger partial charge in [0.1, 0.15) is 18.3 Å². The Morgan fingerprint density at radius 2 is 1.71 bits per heavy atom. The Morgan fingerprint density at radius 3 is 2.34 bits per heavy atom. The third-order valence-electron chi connectivity index (χ3n) is 6.71. The van der Waals surface area contributed by atoms with Crippen LogP contribution in [-0.4, -0.2) is 51.4 Å². The van der Waals surface area contributed by atoms with Crippen LogP contribution < -0.4 is 14.4 Å². The third kappa shape index (κ3) is 8.24. The second-order valence-corrected chi connectivity index (χ2v) is 12.0. The minimum atomic E-state index is -4.19. The number of carbonyl (C=O) groups is 2. The summed E-state index contributed by atoms with van der Waals surface area (Å²) in [7, 11) is -2.64. The lowest BCUT2D eigenvalue weighted by Crippen LogP contribution is -2.52. The summed E-state index contributed by atoms with van der Waals surface area (Å²) in [6, 6.07) is 19.3. The van der Waals surface area contributed by atoms with Crippen LogP contribution >= 0.6 is 11.6 Å². The van der Waals surface area contributed by atoms with Gasteiger partial charge in [0.05, 0.1) is 22.7 Å². The van der Waals surface area contributed by atoms with Crippen molar-refractivity contribution in [2.45, 2.75) is 57.5 Å². The van der Waals surface area contributed by atoms with E-state index in [-0.39, 0.29) is 28.1 Å². The van der Waals surface area contributed by atoms with Crippen molar-refractivity contribution < 1.29 is 22.7 Å². The smallest absolute Gasteiger partial charge is 0.264 e. The summed E-state index contributed by atoms with van der Waals surface area (Å²) in [6.45, 7) is 5.73. The van der Waals surface area contributed by atoms with Crippen molar-refractivity contribution in [1.29, 1.82) is 0 Å². The average molecular weight is 600 g/mol. The second kappa shape index (κ2) is 14.9. The lowest BCUT2D eigenvalue weighted by Gasteiger charge is -2.33. The number of aryl methyl sites for hydroxylation is 1. The molecular weight excluding hydrogens is 562 g/mol. The van der Waals surface area contributed by atoms with Gasteiger partial charge in [-0.1, -0.05) is 73.8 Å². The molecule has 0 saturated heterocycles. The Hall–Kier alpha value is -3.56. The zero-order valence-electron chi connectivity index (χ0n) is 24.0. The number of ether oxygens (including phenoxy) is 1. The molecule has 0 saturated carbocycles. The molecule has 8 nitrogen and oxygen atoms in total. The van der Waals surface area contributed by atoms with Gasteiger partial charge in [-0.3, -0.25) is 13.9 Å². The van der Waals surface area contributed by atoms with Gasteiger partial charge in [0.15, 0.2) is 0 Å². The predicted molar refractivity (Wildman–Crippen MR) is 163 cm³/mol. The molecule has 41 heavy (non-hydrogen) atoms. The molecule has 2 amide bonds. The molecule has 1 N–H and O–H groups in total. The monoisotopic (exact) mass is 599 g/mol. The molecule has 0 heterocycles. The second-order valence-electron chi connectivity index (χ2n) is 9.72. The molecule has 0 bridgehead atoms. The summed E-state index contributed by atoms with van der Waals surface area (Å²) in [5, 5.41) is 3.10. The summed E-state index contributed by atoms with van der Waals surface area (Å²) in [5.74, 6) is -0.223. The van der Waals surface area contributed by atoms with Gasteiger partial charge in [-0.25, -0.2) is 8.42 Å². The van der Waals surface area contributed by atoms with E-state index in [4.69, 9.17) is 16.3 Å². The number of nitrogens with zero attached hydrogens (tertiary/aromatic N) is 2. The summed E-state index contributed by atoms with van der Waals surface area (Å²) < 4.78 is 34.3. The number of para-hydroxylation sites is 1. The molecule has 3 aromatic carbocycles. The minimum Gasteiger partial charge on any atom is -0.497 e. The largest absolute Gasteiger partial charge is 0.497 e. The van der Waals surface area contributed by atoms with E-state index in [0.717, 1.165) is 28.3 Å². The quantitative estimate of drug-likeness (QED) is 0.244. The molecule has 10 heteroatoms. The summed E-state index contributed by atoms with van der Waals surface area (Å²) in [6.07, 6.45) is 2.05. The van der Waals surface area contributed by atoms with E-state index in [1.807, 2.05) is 26.8 Å². The maximum Gasteiger partial charge on any atom is 0.264 e. The number of carbonyl (C=O) groups excluding carboxylic acids is 2. The van der Waals surface area contributed by atoms with E-state index < -0.39 is 28.5 Å². The van der Waals surface area contributed by atoms with Crippen LogP contribution in [0.1, 0.15) is 44.2 Å². The first-order valence-corrected chi connectivity index (χ1v) is 15.5. The Labute approximate surface area is 248 Å². The lowest BCUT2D eigenvalue weighted by molar-refractivity contribution is -0.140. The van der Waals surface area contributed by atoms with Gasteiger partial charge >= 0.3 is 0 Å². The first-order chi connectivity index (χ1) is 19.6. The standard InChI is InChI=1S/C31H38ClN3O5S/c1-5-7-19-33-31(37)28(6-2)34(21-24-11-10-12-25(20-24)40-4)30(36)22-35(29-14-9-8-13-27(29)32)41(38,39)26-17-15-23(3)16-18-26/h8-18,20,28H,5-7,19,21-22H2,1-4H3,(H,33,37)/t28-/m0/s1. The van der Waals surface area contributed by atoms with Gasteiger partial charge in [0, 0.05) is 13.1 Å². The maximum absolute atomic E-state index is 14.1. The molecule has 220 valence electrons. The molecule has 0 unspecified atom stereocenters. The lowest BCUT2D eigenvalue weighted by atomic mass is 10.1. The summed E-state index contributed by atoms with van der Waals surface area (Å²) in [5.41, 5.74) is 1.81. The Balaban J connectivity index is 2.05. The molecule has 0 radical (unpaired) electrons. The van der Waals surface area contributed by atoms with Gasteiger partial charge in [-0.05, 0) is 61.7 Å². The van der Waals surface area contributed by atoms with Crippen molar-refractivity contribution in [1.82, 2.24) is 10.2 Å². The molecule has 0 fully saturated rings. The molecular formula is C31H38ClN3O5S. The number of methoxy groups -OCH3 is 1. The van der Waals surface area contributed by atoms with E-state index >= 15 is 0 Å². The Morgan fingerprint density at radius 1 is 1.00 bits per heavy atom. The Kier molecular flexibility index (Phi) is 11.6. The topological polar surface area (TPSA) is 96.0 Å². The highest BCUT2D eigenvalue weighted by Gasteiger charge is 2.34. The number of nitrogens with one attached hydrogen (secondary N) is 1. The van der Waals surface area contributed by atoms with Gasteiger partial charge in [0.2, 0.25) is 11.8 Å². The van der Waals surface area contributed by atoms with Gasteiger partial charge in [-0.2, -0.15) is 0 Å². The number of amides is 2. The van der Waals surface area contributed by atoms with Crippen LogP contribution in [0.25, 0.3) is 0 Å². The van der Waals surface area contributed by atoms with Crippen molar-refractivity contribution in [2.75, 3.05) is 24.5 Å². The number of halogens is 1. The molecule has 0 aliphatic carbocycles. The molecule has 1 atom stereocenters. The van der Waals surface area contributed by atoms with Gasteiger partial charge < -0.3 is 15.0 Å². The molecule has 3 rings (SSSR count). The molecule has 3 aromatic rings. The summed E-state index contributed by atoms with van der Waals surface area (Å²) >= 11 is 6.47. The molecule has 0 spiro atoms. The van der Waals surface area contributed by atoms with Crippen LogP contribution in [0, 0.1) is 6.92 Å². The van der Waals surface area contributed by atoms with E-state index in [0.29, 0.717) is 18.7 Å². The third-order valence-corrected chi connectivity index (χ3v) is 8.81.